The summed E-state index contributed by atoms with van der Waals surface area (Å²) in [5.74, 6) is 0.988. The number of ether oxygens (including phenoxy) is 1. The van der Waals surface area contributed by atoms with Gasteiger partial charge in [-0.15, -0.1) is 0 Å². The van der Waals surface area contributed by atoms with Crippen molar-refractivity contribution in [2.75, 3.05) is 26.8 Å². The van der Waals surface area contributed by atoms with Gasteiger partial charge in [-0.1, -0.05) is 6.42 Å². The first-order valence-corrected chi connectivity index (χ1v) is 7.24. The van der Waals surface area contributed by atoms with Crippen LogP contribution in [0, 0.1) is 11.8 Å². The molecule has 0 aromatic rings. The van der Waals surface area contributed by atoms with Crippen molar-refractivity contribution in [1.29, 1.82) is 0 Å². The summed E-state index contributed by atoms with van der Waals surface area (Å²) >= 11 is 0. The number of hydrogen-bond acceptors (Lipinski definition) is 3. The maximum absolute atomic E-state index is 12.0. The van der Waals surface area contributed by atoms with Crippen molar-refractivity contribution in [2.24, 2.45) is 17.6 Å². The molecule has 1 aliphatic rings. The van der Waals surface area contributed by atoms with Crippen LogP contribution in [0.2, 0.25) is 0 Å². The smallest absolute Gasteiger partial charge is 0.223 e. The molecule has 0 heterocycles. The summed E-state index contributed by atoms with van der Waals surface area (Å²) < 4.78 is 4.99. The Morgan fingerprint density at radius 1 is 1.33 bits per heavy atom. The van der Waals surface area contributed by atoms with Crippen molar-refractivity contribution >= 4 is 5.91 Å². The molecule has 3 N–H and O–H groups in total. The van der Waals surface area contributed by atoms with E-state index in [1.165, 1.54) is 6.42 Å². The van der Waals surface area contributed by atoms with Crippen LogP contribution in [0.4, 0.5) is 0 Å². The number of rotatable bonds is 8. The fraction of sp³-hybridized carbons (Fsp3) is 0.929. The molecule has 0 aliphatic heterocycles. The van der Waals surface area contributed by atoms with Crippen LogP contribution in [-0.4, -0.2) is 32.7 Å². The van der Waals surface area contributed by atoms with Crippen LogP contribution in [0.15, 0.2) is 0 Å². The van der Waals surface area contributed by atoms with Crippen LogP contribution in [0.1, 0.15) is 44.9 Å². The fourth-order valence-electron chi connectivity index (χ4n) is 2.65. The Balaban J connectivity index is 2.08. The molecule has 1 fully saturated rings. The van der Waals surface area contributed by atoms with E-state index in [2.05, 4.69) is 5.32 Å². The number of hydrogen-bond donors (Lipinski definition) is 2. The Bertz CT molecular complexity index is 234. The lowest BCUT2D eigenvalue weighted by Gasteiger charge is -2.27. The SMILES string of the molecule is COCCCCCNC(=O)C1CCCC(CN)C1. The molecule has 0 radical (unpaired) electrons. The molecule has 0 saturated heterocycles. The van der Waals surface area contributed by atoms with Gasteiger partial charge in [0, 0.05) is 26.2 Å². The minimum absolute atomic E-state index is 0.200. The molecule has 1 saturated carbocycles. The Labute approximate surface area is 111 Å². The highest BCUT2D eigenvalue weighted by Crippen LogP contribution is 2.28. The molecule has 0 spiro atoms. The van der Waals surface area contributed by atoms with Gasteiger partial charge in [-0.05, 0) is 51.0 Å². The van der Waals surface area contributed by atoms with E-state index in [-0.39, 0.29) is 11.8 Å². The topological polar surface area (TPSA) is 64.3 Å². The van der Waals surface area contributed by atoms with Crippen LogP contribution in [0.3, 0.4) is 0 Å². The standard InChI is InChI=1S/C14H28N2O2/c1-18-9-4-2-3-8-16-14(17)13-7-5-6-12(10-13)11-15/h12-13H,2-11,15H2,1H3,(H,16,17). The van der Waals surface area contributed by atoms with Gasteiger partial charge in [0.15, 0.2) is 0 Å². The quantitative estimate of drug-likeness (QED) is 0.649. The Hall–Kier alpha value is -0.610. The molecule has 0 aromatic heterocycles. The maximum atomic E-state index is 12.0. The molecule has 4 nitrogen and oxygen atoms in total. The summed E-state index contributed by atoms with van der Waals surface area (Å²) in [6, 6.07) is 0. The number of methoxy groups -OCH3 is 1. The number of unbranched alkanes of at least 4 members (excludes halogenated alkanes) is 2. The molecular weight excluding hydrogens is 228 g/mol. The van der Waals surface area contributed by atoms with E-state index < -0.39 is 0 Å². The third-order valence-electron chi connectivity index (χ3n) is 3.81. The summed E-state index contributed by atoms with van der Waals surface area (Å²) in [4.78, 5) is 12.0. The minimum atomic E-state index is 0.200. The van der Waals surface area contributed by atoms with E-state index in [1.54, 1.807) is 7.11 Å². The zero-order valence-corrected chi connectivity index (χ0v) is 11.6. The van der Waals surface area contributed by atoms with Gasteiger partial charge >= 0.3 is 0 Å². The van der Waals surface area contributed by atoms with Gasteiger partial charge < -0.3 is 15.8 Å². The molecule has 18 heavy (non-hydrogen) atoms. The predicted octanol–water partition coefficient (Wildman–Crippen LogP) is 1.68. The van der Waals surface area contributed by atoms with E-state index in [0.717, 1.165) is 58.2 Å². The minimum Gasteiger partial charge on any atom is -0.385 e. The third kappa shape index (κ3) is 5.83. The third-order valence-corrected chi connectivity index (χ3v) is 3.81. The van der Waals surface area contributed by atoms with Crippen LogP contribution < -0.4 is 11.1 Å². The first-order chi connectivity index (χ1) is 8.77. The van der Waals surface area contributed by atoms with Crippen molar-refractivity contribution in [3.63, 3.8) is 0 Å². The molecular formula is C14H28N2O2. The first-order valence-electron chi connectivity index (χ1n) is 7.24. The summed E-state index contributed by atoms with van der Waals surface area (Å²) in [6.07, 6.45) is 7.58. The number of amides is 1. The molecule has 1 amide bonds. The van der Waals surface area contributed by atoms with Crippen LogP contribution >= 0.6 is 0 Å². The highest BCUT2D eigenvalue weighted by atomic mass is 16.5. The second-order valence-corrected chi connectivity index (χ2v) is 5.31. The lowest BCUT2D eigenvalue weighted by atomic mass is 9.81. The Morgan fingerprint density at radius 3 is 2.89 bits per heavy atom. The molecule has 0 aromatic carbocycles. The molecule has 4 heteroatoms. The highest BCUT2D eigenvalue weighted by Gasteiger charge is 2.25. The van der Waals surface area contributed by atoms with Gasteiger partial charge in [0.1, 0.15) is 0 Å². The highest BCUT2D eigenvalue weighted by molar-refractivity contribution is 5.78. The average Bonchev–Trinajstić information content (AvgIpc) is 2.42. The first kappa shape index (κ1) is 15.4. The van der Waals surface area contributed by atoms with Crippen molar-refractivity contribution in [2.45, 2.75) is 44.9 Å². The zero-order chi connectivity index (χ0) is 13.2. The molecule has 2 atom stereocenters. The van der Waals surface area contributed by atoms with E-state index in [9.17, 15) is 4.79 Å². The lowest BCUT2D eigenvalue weighted by molar-refractivity contribution is -0.126. The van der Waals surface area contributed by atoms with E-state index in [4.69, 9.17) is 10.5 Å². The monoisotopic (exact) mass is 256 g/mol. The van der Waals surface area contributed by atoms with Crippen LogP contribution in [-0.2, 0) is 9.53 Å². The largest absolute Gasteiger partial charge is 0.385 e. The summed E-state index contributed by atoms with van der Waals surface area (Å²) in [6.45, 7) is 2.34. The number of carbonyl (C=O) groups is 1. The summed E-state index contributed by atoms with van der Waals surface area (Å²) in [5.41, 5.74) is 5.69. The summed E-state index contributed by atoms with van der Waals surface area (Å²) in [7, 11) is 1.72. The molecule has 106 valence electrons. The van der Waals surface area contributed by atoms with Crippen molar-refractivity contribution in [3.8, 4) is 0 Å². The second-order valence-electron chi connectivity index (χ2n) is 5.31. The zero-order valence-electron chi connectivity index (χ0n) is 11.6. The van der Waals surface area contributed by atoms with Gasteiger partial charge in [-0.2, -0.15) is 0 Å². The molecule has 0 bridgehead atoms. The normalized spacial score (nSPS) is 23.9. The van der Waals surface area contributed by atoms with Gasteiger partial charge in [-0.25, -0.2) is 0 Å². The maximum Gasteiger partial charge on any atom is 0.223 e. The molecule has 2 unspecified atom stereocenters. The summed E-state index contributed by atoms with van der Waals surface area (Å²) in [5, 5.41) is 3.05. The van der Waals surface area contributed by atoms with Gasteiger partial charge in [-0.3, -0.25) is 4.79 Å². The van der Waals surface area contributed by atoms with Crippen LogP contribution in [0.25, 0.3) is 0 Å². The van der Waals surface area contributed by atoms with Gasteiger partial charge in [0.2, 0.25) is 5.91 Å². The molecule has 1 aliphatic carbocycles. The Morgan fingerprint density at radius 2 is 2.17 bits per heavy atom. The van der Waals surface area contributed by atoms with Crippen molar-refractivity contribution in [3.05, 3.63) is 0 Å². The van der Waals surface area contributed by atoms with E-state index in [1.807, 2.05) is 0 Å². The lowest BCUT2D eigenvalue weighted by Crippen LogP contribution is -2.35. The predicted molar refractivity (Wildman–Crippen MR) is 73.2 cm³/mol. The van der Waals surface area contributed by atoms with Gasteiger partial charge in [0.25, 0.3) is 0 Å². The number of carbonyl (C=O) groups excluding carboxylic acids is 1. The fourth-order valence-corrected chi connectivity index (χ4v) is 2.65. The van der Waals surface area contributed by atoms with E-state index in [0.29, 0.717) is 5.92 Å². The average molecular weight is 256 g/mol. The number of nitrogens with two attached hydrogens (primary N) is 1. The van der Waals surface area contributed by atoms with Crippen LogP contribution in [0.5, 0.6) is 0 Å². The Kier molecular flexibility index (Phi) is 8.01. The number of nitrogens with one attached hydrogen (secondary N) is 1. The second kappa shape index (κ2) is 9.34. The van der Waals surface area contributed by atoms with Crippen molar-refractivity contribution in [1.82, 2.24) is 5.32 Å². The van der Waals surface area contributed by atoms with Crippen molar-refractivity contribution < 1.29 is 9.53 Å². The molecule has 1 rings (SSSR count). The van der Waals surface area contributed by atoms with E-state index >= 15 is 0 Å². The van der Waals surface area contributed by atoms with Gasteiger partial charge in [0.05, 0.1) is 0 Å².